The second-order valence-electron chi connectivity index (χ2n) is 4.08. The highest BCUT2D eigenvalue weighted by molar-refractivity contribution is 5.43. The van der Waals surface area contributed by atoms with Crippen LogP contribution in [-0.2, 0) is 4.74 Å². The van der Waals surface area contributed by atoms with E-state index >= 15 is 0 Å². The number of benzene rings is 1. The van der Waals surface area contributed by atoms with E-state index < -0.39 is 0 Å². The predicted octanol–water partition coefficient (Wildman–Crippen LogP) is 1.67. The largest absolute Gasteiger partial charge is 0.507 e. The molecule has 1 fully saturated rings. The van der Waals surface area contributed by atoms with Crippen LogP contribution in [0.5, 0.6) is 5.75 Å². The first kappa shape index (κ1) is 10.5. The van der Waals surface area contributed by atoms with E-state index in [2.05, 4.69) is 5.32 Å². The molecule has 1 atom stereocenters. The molecular weight excluding hydrogens is 190 g/mol. The van der Waals surface area contributed by atoms with E-state index in [1.165, 1.54) is 5.56 Å². The maximum absolute atomic E-state index is 9.68. The molecule has 15 heavy (non-hydrogen) atoms. The third-order valence-corrected chi connectivity index (χ3v) is 2.84. The van der Waals surface area contributed by atoms with Gasteiger partial charge in [0.2, 0.25) is 0 Å². The minimum absolute atomic E-state index is 0.261. The second-order valence-corrected chi connectivity index (χ2v) is 4.08. The Morgan fingerprint density at radius 2 is 2.00 bits per heavy atom. The first-order valence-corrected chi connectivity index (χ1v) is 5.29. The van der Waals surface area contributed by atoms with Crippen molar-refractivity contribution in [2.45, 2.75) is 19.9 Å². The molecule has 2 rings (SSSR count). The number of hydrogen-bond donors (Lipinski definition) is 2. The zero-order valence-electron chi connectivity index (χ0n) is 9.21. The molecule has 3 nitrogen and oxygen atoms in total. The molecule has 3 heteroatoms. The van der Waals surface area contributed by atoms with E-state index in [-0.39, 0.29) is 6.04 Å². The van der Waals surface area contributed by atoms with Gasteiger partial charge in [-0.2, -0.15) is 0 Å². The minimum atomic E-state index is 0.261. The number of aryl methyl sites for hydroxylation is 2. The Hall–Kier alpha value is -1.06. The molecule has 0 saturated carbocycles. The number of phenols is 1. The highest BCUT2D eigenvalue weighted by Gasteiger charge is 2.16. The maximum Gasteiger partial charge on any atom is 0.121 e. The maximum atomic E-state index is 9.68. The monoisotopic (exact) mass is 207 g/mol. The molecule has 82 valence electrons. The molecule has 0 bridgehead atoms. The lowest BCUT2D eigenvalue weighted by Crippen LogP contribution is -2.34. The fourth-order valence-corrected chi connectivity index (χ4v) is 1.97. The van der Waals surface area contributed by atoms with E-state index in [0.29, 0.717) is 12.4 Å². The van der Waals surface area contributed by atoms with Gasteiger partial charge in [0, 0.05) is 6.54 Å². The number of aromatic hydroxyl groups is 1. The van der Waals surface area contributed by atoms with Crippen LogP contribution >= 0.6 is 0 Å². The Labute approximate surface area is 90.1 Å². The lowest BCUT2D eigenvalue weighted by atomic mass is 10.00. The summed E-state index contributed by atoms with van der Waals surface area (Å²) in [4.78, 5) is 0. The summed E-state index contributed by atoms with van der Waals surface area (Å²) in [6, 6.07) is 4.31. The van der Waals surface area contributed by atoms with Crippen molar-refractivity contribution in [3.05, 3.63) is 28.8 Å². The molecule has 0 aromatic heterocycles. The molecule has 0 aliphatic carbocycles. The molecule has 1 aliphatic heterocycles. The Bertz CT molecular complexity index is 334. The van der Waals surface area contributed by atoms with Crippen molar-refractivity contribution in [3.8, 4) is 5.75 Å². The zero-order chi connectivity index (χ0) is 10.8. The summed E-state index contributed by atoms with van der Waals surface area (Å²) < 4.78 is 5.42. The van der Waals surface area contributed by atoms with Crippen LogP contribution in [0.15, 0.2) is 12.1 Å². The van der Waals surface area contributed by atoms with Crippen molar-refractivity contribution >= 4 is 0 Å². The van der Waals surface area contributed by atoms with Crippen LogP contribution in [0.1, 0.15) is 22.7 Å². The van der Waals surface area contributed by atoms with Crippen molar-refractivity contribution in [2.75, 3.05) is 19.8 Å². The van der Waals surface area contributed by atoms with Gasteiger partial charge in [-0.1, -0.05) is 12.1 Å². The zero-order valence-corrected chi connectivity index (χ0v) is 9.21. The van der Waals surface area contributed by atoms with Crippen LogP contribution in [0.4, 0.5) is 0 Å². The Kier molecular flexibility index (Phi) is 2.93. The Morgan fingerprint density at radius 3 is 2.53 bits per heavy atom. The third-order valence-electron chi connectivity index (χ3n) is 2.84. The van der Waals surface area contributed by atoms with Crippen molar-refractivity contribution in [3.63, 3.8) is 0 Å². The standard InChI is InChI=1S/C12H17NO2/c1-8-5-10(6-9(2)12(8)14)11-7-15-4-3-13-11/h5-6,11,13-14H,3-4,7H2,1-2H3/t11-/m1/s1. The average molecular weight is 207 g/mol. The summed E-state index contributed by atoms with van der Waals surface area (Å²) in [7, 11) is 0. The summed E-state index contributed by atoms with van der Waals surface area (Å²) in [5.41, 5.74) is 3.05. The van der Waals surface area contributed by atoms with Crippen LogP contribution in [-0.4, -0.2) is 24.9 Å². The SMILES string of the molecule is Cc1cc([C@H]2COCCN2)cc(C)c1O. The summed E-state index contributed by atoms with van der Waals surface area (Å²) in [5, 5.41) is 13.1. The van der Waals surface area contributed by atoms with Gasteiger partial charge in [-0.05, 0) is 30.5 Å². The average Bonchev–Trinajstić information content (AvgIpc) is 2.26. The molecule has 1 aliphatic rings. The molecule has 0 radical (unpaired) electrons. The van der Waals surface area contributed by atoms with E-state index in [1.807, 2.05) is 26.0 Å². The van der Waals surface area contributed by atoms with Crippen LogP contribution in [0.25, 0.3) is 0 Å². The molecule has 0 amide bonds. The van der Waals surface area contributed by atoms with Crippen LogP contribution < -0.4 is 5.32 Å². The molecule has 2 N–H and O–H groups in total. The van der Waals surface area contributed by atoms with Crippen molar-refractivity contribution in [2.24, 2.45) is 0 Å². The molecule has 1 heterocycles. The lowest BCUT2D eigenvalue weighted by molar-refractivity contribution is 0.0768. The summed E-state index contributed by atoms with van der Waals surface area (Å²) in [6.07, 6.45) is 0. The molecule has 1 aromatic carbocycles. The van der Waals surface area contributed by atoms with Gasteiger partial charge in [-0.3, -0.25) is 0 Å². The van der Waals surface area contributed by atoms with Crippen LogP contribution in [0.3, 0.4) is 0 Å². The first-order chi connectivity index (χ1) is 7.18. The highest BCUT2D eigenvalue weighted by Crippen LogP contribution is 2.26. The number of hydrogen-bond acceptors (Lipinski definition) is 3. The predicted molar refractivity (Wildman–Crippen MR) is 59.1 cm³/mol. The number of phenolic OH excluding ortho intramolecular Hbond substituents is 1. The minimum Gasteiger partial charge on any atom is -0.507 e. The van der Waals surface area contributed by atoms with Gasteiger partial charge in [0.1, 0.15) is 5.75 Å². The third kappa shape index (κ3) is 2.13. The van der Waals surface area contributed by atoms with Gasteiger partial charge in [0.25, 0.3) is 0 Å². The Balaban J connectivity index is 2.27. The number of morpholine rings is 1. The topological polar surface area (TPSA) is 41.5 Å². The molecule has 1 aromatic rings. The van der Waals surface area contributed by atoms with Gasteiger partial charge in [-0.25, -0.2) is 0 Å². The van der Waals surface area contributed by atoms with Crippen molar-refractivity contribution in [1.82, 2.24) is 5.32 Å². The number of ether oxygens (including phenoxy) is 1. The fraction of sp³-hybridized carbons (Fsp3) is 0.500. The number of nitrogens with one attached hydrogen (secondary N) is 1. The summed E-state index contributed by atoms with van der Waals surface area (Å²) in [6.45, 7) is 6.24. The molecule has 0 spiro atoms. The normalized spacial score (nSPS) is 21.6. The van der Waals surface area contributed by atoms with Crippen molar-refractivity contribution in [1.29, 1.82) is 0 Å². The van der Waals surface area contributed by atoms with Gasteiger partial charge in [0.05, 0.1) is 19.3 Å². The first-order valence-electron chi connectivity index (χ1n) is 5.29. The fourth-order valence-electron chi connectivity index (χ4n) is 1.97. The second kappa shape index (κ2) is 4.21. The van der Waals surface area contributed by atoms with Gasteiger partial charge in [0.15, 0.2) is 0 Å². The smallest absolute Gasteiger partial charge is 0.121 e. The van der Waals surface area contributed by atoms with E-state index in [1.54, 1.807) is 0 Å². The van der Waals surface area contributed by atoms with Crippen LogP contribution in [0.2, 0.25) is 0 Å². The van der Waals surface area contributed by atoms with E-state index in [4.69, 9.17) is 4.74 Å². The van der Waals surface area contributed by atoms with Crippen molar-refractivity contribution < 1.29 is 9.84 Å². The molecule has 0 unspecified atom stereocenters. The lowest BCUT2D eigenvalue weighted by Gasteiger charge is -2.25. The Morgan fingerprint density at radius 1 is 1.33 bits per heavy atom. The van der Waals surface area contributed by atoms with Crippen LogP contribution in [0, 0.1) is 13.8 Å². The summed E-state index contributed by atoms with van der Waals surface area (Å²) >= 11 is 0. The van der Waals surface area contributed by atoms with Gasteiger partial charge < -0.3 is 15.2 Å². The molecule has 1 saturated heterocycles. The number of rotatable bonds is 1. The van der Waals surface area contributed by atoms with E-state index in [0.717, 1.165) is 24.3 Å². The quantitative estimate of drug-likeness (QED) is 0.736. The van der Waals surface area contributed by atoms with E-state index in [9.17, 15) is 5.11 Å². The highest BCUT2D eigenvalue weighted by atomic mass is 16.5. The summed E-state index contributed by atoms with van der Waals surface area (Å²) in [5.74, 6) is 0.399. The van der Waals surface area contributed by atoms with Gasteiger partial charge >= 0.3 is 0 Å². The van der Waals surface area contributed by atoms with Gasteiger partial charge in [-0.15, -0.1) is 0 Å². The molecular formula is C12H17NO2.